The summed E-state index contributed by atoms with van der Waals surface area (Å²) >= 11 is 7.08. The minimum absolute atomic E-state index is 0.342. The zero-order valence-electron chi connectivity index (χ0n) is 8.48. The Morgan fingerprint density at radius 1 is 1.50 bits per heavy atom. The molecule has 2 aromatic rings. The van der Waals surface area contributed by atoms with E-state index < -0.39 is 0 Å². The van der Waals surface area contributed by atoms with Gasteiger partial charge in [-0.2, -0.15) is 0 Å². The number of anilines is 1. The maximum atomic E-state index is 5.78. The maximum absolute atomic E-state index is 5.78. The number of aromatic nitrogens is 3. The molecule has 0 aliphatic rings. The van der Waals surface area contributed by atoms with Crippen LogP contribution in [0.5, 0.6) is 5.75 Å². The first-order chi connectivity index (χ1) is 7.79. The number of nitrogens with zero attached hydrogens (tertiary/aromatic N) is 3. The third-order valence-corrected chi connectivity index (χ3v) is 2.83. The average Bonchev–Trinajstić information content (AvgIpc) is 2.74. The minimum Gasteiger partial charge on any atom is -0.485 e. The molecule has 1 N–H and O–H groups in total. The van der Waals surface area contributed by atoms with Crippen molar-refractivity contribution in [3.8, 4) is 5.75 Å². The lowest BCUT2D eigenvalue weighted by atomic mass is 10.4. The van der Waals surface area contributed by atoms with Crippen molar-refractivity contribution in [3.05, 3.63) is 29.2 Å². The van der Waals surface area contributed by atoms with Crippen LogP contribution in [-0.2, 0) is 6.61 Å². The van der Waals surface area contributed by atoms with Gasteiger partial charge in [0.15, 0.2) is 0 Å². The van der Waals surface area contributed by atoms with Gasteiger partial charge in [0.05, 0.1) is 11.2 Å². The van der Waals surface area contributed by atoms with E-state index >= 15 is 0 Å². The van der Waals surface area contributed by atoms with Gasteiger partial charge in [0.25, 0.3) is 0 Å². The number of halogens is 1. The van der Waals surface area contributed by atoms with Gasteiger partial charge >= 0.3 is 0 Å². The lowest BCUT2D eigenvalue weighted by molar-refractivity contribution is 0.300. The van der Waals surface area contributed by atoms with E-state index in [1.54, 1.807) is 18.5 Å². The van der Waals surface area contributed by atoms with Crippen LogP contribution in [0.1, 0.15) is 5.69 Å². The van der Waals surface area contributed by atoms with Gasteiger partial charge in [-0.25, -0.2) is 0 Å². The lowest BCUT2D eigenvalue weighted by Crippen LogP contribution is -1.99. The van der Waals surface area contributed by atoms with Crippen LogP contribution in [-0.4, -0.2) is 21.6 Å². The molecule has 5 nitrogen and oxygen atoms in total. The van der Waals surface area contributed by atoms with Crippen molar-refractivity contribution in [1.29, 1.82) is 0 Å². The molecular weight excluding hydrogens is 248 g/mol. The Kier molecular flexibility index (Phi) is 3.53. The monoisotopic (exact) mass is 256 g/mol. The average molecular weight is 257 g/mol. The van der Waals surface area contributed by atoms with E-state index in [1.807, 2.05) is 7.05 Å². The molecule has 0 aliphatic heterocycles. The van der Waals surface area contributed by atoms with Gasteiger partial charge in [0.1, 0.15) is 23.1 Å². The first-order valence-corrected chi connectivity index (χ1v) is 5.67. The van der Waals surface area contributed by atoms with Crippen LogP contribution in [0.4, 0.5) is 5.00 Å². The Bertz CT molecular complexity index is 476. The van der Waals surface area contributed by atoms with Crippen molar-refractivity contribution in [2.24, 2.45) is 0 Å². The van der Waals surface area contributed by atoms with Crippen molar-refractivity contribution in [3.63, 3.8) is 0 Å². The summed E-state index contributed by atoms with van der Waals surface area (Å²) in [7, 11) is 1.82. The molecule has 2 rings (SSSR count). The first-order valence-electron chi connectivity index (χ1n) is 4.52. The molecule has 2 aromatic heterocycles. The normalized spacial score (nSPS) is 10.1. The molecule has 0 unspecified atom stereocenters. The molecule has 0 aromatic carbocycles. The van der Waals surface area contributed by atoms with Crippen LogP contribution in [0, 0.1) is 0 Å². The molecule has 7 heteroatoms. The van der Waals surface area contributed by atoms with Crippen LogP contribution in [0.15, 0.2) is 18.5 Å². The number of ether oxygens (including phenoxy) is 1. The maximum Gasteiger partial charge on any atom is 0.139 e. The smallest absolute Gasteiger partial charge is 0.139 e. The van der Waals surface area contributed by atoms with E-state index in [0.717, 1.165) is 10.7 Å². The second kappa shape index (κ2) is 5.09. The van der Waals surface area contributed by atoms with Crippen molar-refractivity contribution in [1.82, 2.24) is 14.6 Å². The van der Waals surface area contributed by atoms with E-state index in [0.29, 0.717) is 17.4 Å². The molecule has 0 amide bonds. The Morgan fingerprint density at radius 2 is 2.38 bits per heavy atom. The highest BCUT2D eigenvalue weighted by Crippen LogP contribution is 2.20. The third-order valence-electron chi connectivity index (χ3n) is 1.84. The van der Waals surface area contributed by atoms with Gasteiger partial charge in [-0.1, -0.05) is 16.1 Å². The van der Waals surface area contributed by atoms with Gasteiger partial charge in [-0.15, -0.1) is 5.10 Å². The lowest BCUT2D eigenvalue weighted by Gasteiger charge is -2.04. The molecule has 0 saturated carbocycles. The quantitative estimate of drug-likeness (QED) is 0.909. The molecule has 0 fully saturated rings. The molecule has 0 radical (unpaired) electrons. The number of rotatable bonds is 4. The Morgan fingerprint density at radius 3 is 3.12 bits per heavy atom. The molecule has 0 saturated heterocycles. The van der Waals surface area contributed by atoms with E-state index in [4.69, 9.17) is 16.3 Å². The molecule has 84 valence electrons. The van der Waals surface area contributed by atoms with Crippen LogP contribution in [0.25, 0.3) is 0 Å². The van der Waals surface area contributed by atoms with E-state index in [-0.39, 0.29) is 0 Å². The fourth-order valence-corrected chi connectivity index (χ4v) is 1.80. The van der Waals surface area contributed by atoms with Gasteiger partial charge < -0.3 is 10.1 Å². The zero-order valence-corrected chi connectivity index (χ0v) is 10.0. The van der Waals surface area contributed by atoms with Gasteiger partial charge in [0.2, 0.25) is 0 Å². The van der Waals surface area contributed by atoms with Crippen LogP contribution in [0.3, 0.4) is 0 Å². The molecule has 0 aliphatic carbocycles. The summed E-state index contributed by atoms with van der Waals surface area (Å²) in [5.41, 5.74) is 0.771. The molecular formula is C9H9ClN4OS. The highest BCUT2D eigenvalue weighted by molar-refractivity contribution is 7.10. The topological polar surface area (TPSA) is 59.9 Å². The molecule has 0 spiro atoms. The number of hydrogen-bond donors (Lipinski definition) is 1. The molecule has 16 heavy (non-hydrogen) atoms. The third kappa shape index (κ3) is 2.59. The van der Waals surface area contributed by atoms with Crippen LogP contribution >= 0.6 is 23.1 Å². The Hall–Kier alpha value is -1.40. The van der Waals surface area contributed by atoms with E-state index in [1.165, 1.54) is 11.5 Å². The van der Waals surface area contributed by atoms with E-state index in [9.17, 15) is 0 Å². The fraction of sp³-hybridized carbons (Fsp3) is 0.222. The molecule has 0 bridgehead atoms. The number of nitrogens with one attached hydrogen (secondary N) is 1. The first kappa shape index (κ1) is 11.1. The van der Waals surface area contributed by atoms with Gasteiger partial charge in [0, 0.05) is 30.8 Å². The van der Waals surface area contributed by atoms with Gasteiger partial charge in [-0.3, -0.25) is 4.98 Å². The standard InChI is InChI=1S/C9H9ClN4OS/c1-11-9-8(13-14-16-9)5-15-7-2-6(10)3-12-4-7/h2-4,11H,5H2,1H3. The predicted octanol–water partition coefficient (Wildman–Crippen LogP) is 2.21. The van der Waals surface area contributed by atoms with E-state index in [2.05, 4.69) is 19.9 Å². The molecule has 2 heterocycles. The Balaban J connectivity index is 2.02. The summed E-state index contributed by atoms with van der Waals surface area (Å²) in [5.74, 6) is 0.613. The number of hydrogen-bond acceptors (Lipinski definition) is 6. The summed E-state index contributed by atoms with van der Waals surface area (Å²) in [4.78, 5) is 3.92. The minimum atomic E-state index is 0.342. The zero-order chi connectivity index (χ0) is 11.4. The highest BCUT2D eigenvalue weighted by Gasteiger charge is 2.07. The van der Waals surface area contributed by atoms with Gasteiger partial charge in [-0.05, 0) is 0 Å². The van der Waals surface area contributed by atoms with Crippen molar-refractivity contribution in [2.45, 2.75) is 6.61 Å². The SMILES string of the molecule is CNc1snnc1COc1cncc(Cl)c1. The summed E-state index contributed by atoms with van der Waals surface area (Å²) in [6.45, 7) is 0.342. The largest absolute Gasteiger partial charge is 0.485 e. The fourth-order valence-electron chi connectivity index (χ4n) is 1.12. The highest BCUT2D eigenvalue weighted by atomic mass is 35.5. The van der Waals surface area contributed by atoms with Crippen molar-refractivity contribution < 1.29 is 4.74 Å². The second-order valence-electron chi connectivity index (χ2n) is 2.93. The summed E-state index contributed by atoms with van der Waals surface area (Å²) in [6, 6.07) is 1.70. The summed E-state index contributed by atoms with van der Waals surface area (Å²) in [5, 5.41) is 8.39. The number of pyridine rings is 1. The summed E-state index contributed by atoms with van der Waals surface area (Å²) in [6.07, 6.45) is 3.16. The van der Waals surface area contributed by atoms with Crippen LogP contribution in [0.2, 0.25) is 5.02 Å². The Labute approximate surface area is 102 Å². The predicted molar refractivity (Wildman–Crippen MR) is 63.0 cm³/mol. The van der Waals surface area contributed by atoms with Crippen molar-refractivity contribution >= 4 is 28.1 Å². The summed E-state index contributed by atoms with van der Waals surface area (Å²) < 4.78 is 9.32. The van der Waals surface area contributed by atoms with Crippen LogP contribution < -0.4 is 10.1 Å². The molecule has 0 atom stereocenters. The van der Waals surface area contributed by atoms with Crippen molar-refractivity contribution in [2.75, 3.05) is 12.4 Å². The second-order valence-corrected chi connectivity index (χ2v) is 4.12.